The van der Waals surface area contributed by atoms with Crippen LogP contribution in [0.5, 0.6) is 0 Å². The van der Waals surface area contributed by atoms with Crippen LogP contribution in [0.3, 0.4) is 0 Å². The second-order valence-electron chi connectivity index (χ2n) is 10.3. The molecular weight excluding hydrogens is 485 g/mol. The number of nitrogens with zero attached hydrogens (tertiary/aromatic N) is 2. The lowest BCUT2D eigenvalue weighted by Gasteiger charge is -2.41. The van der Waals surface area contributed by atoms with Gasteiger partial charge >= 0.3 is 6.18 Å². The van der Waals surface area contributed by atoms with Crippen molar-refractivity contribution in [3.05, 3.63) is 47.2 Å². The number of piperidine rings is 2. The fourth-order valence-electron chi connectivity index (χ4n) is 5.91. The van der Waals surface area contributed by atoms with E-state index in [1.807, 2.05) is 11.8 Å². The van der Waals surface area contributed by atoms with Gasteiger partial charge in [-0.1, -0.05) is 18.6 Å². The molecule has 4 rings (SSSR count). The lowest BCUT2D eigenvalue weighted by molar-refractivity contribution is -0.171. The normalized spacial score (nSPS) is 26.0. The number of amides is 1. The van der Waals surface area contributed by atoms with Crippen LogP contribution < -0.4 is 0 Å². The van der Waals surface area contributed by atoms with E-state index in [1.54, 1.807) is 6.08 Å². The van der Waals surface area contributed by atoms with Crippen LogP contribution >= 0.6 is 0 Å². The van der Waals surface area contributed by atoms with Gasteiger partial charge in [-0.25, -0.2) is 0 Å². The van der Waals surface area contributed by atoms with E-state index in [-0.39, 0.29) is 30.1 Å². The molecule has 0 aliphatic carbocycles. The summed E-state index contributed by atoms with van der Waals surface area (Å²) in [5.74, 6) is -0.617. The van der Waals surface area contributed by atoms with Crippen LogP contribution in [-0.2, 0) is 20.4 Å². The van der Waals surface area contributed by atoms with E-state index in [0.29, 0.717) is 44.1 Å². The highest BCUT2D eigenvalue weighted by molar-refractivity contribution is 5.92. The number of carbonyl (C=O) groups excluding carboxylic acids is 1. The van der Waals surface area contributed by atoms with Crippen molar-refractivity contribution in [3.8, 4) is 0 Å². The number of benzene rings is 1. The second-order valence-corrected chi connectivity index (χ2v) is 10.3. The van der Waals surface area contributed by atoms with Crippen LogP contribution in [0.2, 0.25) is 0 Å². The summed E-state index contributed by atoms with van der Waals surface area (Å²) in [5, 5.41) is 9.44. The number of allylic oxidation sites excluding steroid dienone is 1. The molecule has 3 aliphatic heterocycles. The summed E-state index contributed by atoms with van der Waals surface area (Å²) in [7, 11) is 0. The Hall–Kier alpha value is -2.10. The van der Waals surface area contributed by atoms with Gasteiger partial charge in [0.15, 0.2) is 5.76 Å². The van der Waals surface area contributed by atoms with Gasteiger partial charge < -0.3 is 24.4 Å². The summed E-state index contributed by atoms with van der Waals surface area (Å²) < 4.78 is 51.4. The predicted octanol–water partition coefficient (Wildman–Crippen LogP) is 4.93. The molecule has 3 aliphatic rings. The molecule has 2 saturated heterocycles. The second kappa shape index (κ2) is 12.6. The van der Waals surface area contributed by atoms with Crippen molar-refractivity contribution in [2.24, 2.45) is 5.92 Å². The van der Waals surface area contributed by atoms with E-state index in [2.05, 4.69) is 4.90 Å². The minimum absolute atomic E-state index is 0.0173. The predicted molar refractivity (Wildman–Crippen MR) is 134 cm³/mol. The molecule has 2 fully saturated rings. The Labute approximate surface area is 217 Å². The molecule has 3 atom stereocenters. The van der Waals surface area contributed by atoms with Crippen LogP contribution in [0, 0.1) is 5.92 Å². The molecule has 1 aromatic carbocycles. The molecule has 1 N–H and O–H groups in total. The number of hydrogen-bond donors (Lipinski definition) is 1. The van der Waals surface area contributed by atoms with Gasteiger partial charge in [0.2, 0.25) is 6.29 Å². The Balaban J connectivity index is 1.54. The van der Waals surface area contributed by atoms with Gasteiger partial charge in [-0.05, 0) is 82.3 Å². The molecule has 206 valence electrons. The van der Waals surface area contributed by atoms with Crippen LogP contribution in [-0.4, -0.2) is 72.5 Å². The van der Waals surface area contributed by atoms with Crippen molar-refractivity contribution in [2.45, 2.75) is 76.3 Å². The minimum atomic E-state index is -4.42. The number of likely N-dealkylation sites (tertiary alicyclic amines) is 2. The molecule has 0 aromatic heterocycles. The van der Waals surface area contributed by atoms with Gasteiger partial charge in [0.05, 0.1) is 5.56 Å². The van der Waals surface area contributed by atoms with Crippen molar-refractivity contribution in [1.82, 2.24) is 9.80 Å². The third kappa shape index (κ3) is 6.86. The summed E-state index contributed by atoms with van der Waals surface area (Å²) in [5.41, 5.74) is -0.0496. The van der Waals surface area contributed by atoms with Crippen LogP contribution in [0.15, 0.2) is 36.1 Å². The van der Waals surface area contributed by atoms with Gasteiger partial charge in [-0.3, -0.25) is 4.79 Å². The molecule has 9 heteroatoms. The number of aliphatic hydroxyl groups excluding tert-OH is 1. The van der Waals surface area contributed by atoms with Gasteiger partial charge in [0.25, 0.3) is 5.91 Å². The lowest BCUT2D eigenvalue weighted by Crippen LogP contribution is -2.49. The van der Waals surface area contributed by atoms with E-state index in [0.717, 1.165) is 38.1 Å². The summed E-state index contributed by atoms with van der Waals surface area (Å²) in [6, 6.07) is 5.59. The zero-order valence-corrected chi connectivity index (χ0v) is 21.6. The Morgan fingerprint density at radius 1 is 1.08 bits per heavy atom. The summed E-state index contributed by atoms with van der Waals surface area (Å²) in [4.78, 5) is 17.9. The maximum Gasteiger partial charge on any atom is 0.416 e. The molecule has 37 heavy (non-hydrogen) atoms. The quantitative estimate of drug-likeness (QED) is 0.523. The first-order valence-corrected chi connectivity index (χ1v) is 13.6. The monoisotopic (exact) mass is 524 g/mol. The third-order valence-electron chi connectivity index (χ3n) is 7.90. The summed E-state index contributed by atoms with van der Waals surface area (Å²) in [6.07, 6.45) is 3.27. The van der Waals surface area contributed by atoms with Crippen LogP contribution in [0.1, 0.15) is 68.9 Å². The average molecular weight is 525 g/mol. The number of aliphatic hydroxyl groups is 1. The molecule has 0 saturated carbocycles. The average Bonchev–Trinajstić information content (AvgIpc) is 2.92. The molecule has 1 aromatic rings. The molecule has 0 radical (unpaired) electrons. The van der Waals surface area contributed by atoms with Crippen molar-refractivity contribution < 1.29 is 32.5 Å². The number of hydrogen-bond acceptors (Lipinski definition) is 5. The highest BCUT2D eigenvalue weighted by Crippen LogP contribution is 2.41. The molecule has 0 bridgehead atoms. The maximum absolute atomic E-state index is 13.5. The Bertz CT molecular complexity index is 907. The molecule has 3 heterocycles. The maximum atomic E-state index is 13.5. The molecule has 1 amide bonds. The minimum Gasteiger partial charge on any atom is -0.459 e. The fourth-order valence-corrected chi connectivity index (χ4v) is 5.91. The van der Waals surface area contributed by atoms with E-state index in [1.165, 1.54) is 31.4 Å². The number of carbonyl (C=O) groups is 1. The highest BCUT2D eigenvalue weighted by Gasteiger charge is 2.40. The fraction of sp³-hybridized carbons (Fsp3) is 0.679. The highest BCUT2D eigenvalue weighted by atomic mass is 19.4. The zero-order chi connectivity index (χ0) is 26.4. The lowest BCUT2D eigenvalue weighted by atomic mass is 9.80. The number of ether oxygens (including phenoxy) is 2. The van der Waals surface area contributed by atoms with Crippen molar-refractivity contribution >= 4 is 5.91 Å². The van der Waals surface area contributed by atoms with E-state index < -0.39 is 18.0 Å². The summed E-state index contributed by atoms with van der Waals surface area (Å²) >= 11 is 0. The van der Waals surface area contributed by atoms with Gasteiger partial charge in [-0.2, -0.15) is 13.2 Å². The zero-order valence-electron chi connectivity index (χ0n) is 21.6. The number of rotatable bonds is 8. The smallest absolute Gasteiger partial charge is 0.416 e. The first-order chi connectivity index (χ1) is 17.8. The summed E-state index contributed by atoms with van der Waals surface area (Å²) in [6.45, 7) is 5.75. The third-order valence-corrected chi connectivity index (χ3v) is 7.90. The van der Waals surface area contributed by atoms with E-state index in [4.69, 9.17) is 9.47 Å². The Kier molecular flexibility index (Phi) is 9.53. The van der Waals surface area contributed by atoms with Gasteiger partial charge in [0, 0.05) is 44.2 Å². The van der Waals surface area contributed by atoms with E-state index in [9.17, 15) is 23.1 Å². The van der Waals surface area contributed by atoms with Crippen molar-refractivity contribution in [3.63, 3.8) is 0 Å². The number of alkyl halides is 3. The van der Waals surface area contributed by atoms with Crippen LogP contribution in [0.4, 0.5) is 13.2 Å². The Morgan fingerprint density at radius 3 is 2.35 bits per heavy atom. The SMILES string of the molecule is CCO[C@H]1OC(C(=O)N2CCC(N3CCCCC3)CC2)=C[C@@H](c2ccc(C(F)(F)F)cc2)[C@H]1CCCO. The largest absolute Gasteiger partial charge is 0.459 e. The molecule has 0 spiro atoms. The molecular formula is C28H39F3N2O4. The van der Waals surface area contributed by atoms with Crippen LogP contribution in [0.25, 0.3) is 0 Å². The standard InChI is InChI=1S/C28H39F3N2O4/c1-2-36-27-23(7-6-18-34)24(20-8-10-21(11-9-20)28(29,30)31)19-25(37-27)26(35)33-16-12-22(13-17-33)32-14-4-3-5-15-32/h8-11,19,22-24,27,34H,2-7,12-18H2,1H3/t23-,24+,27+/m1/s1. The first-order valence-electron chi connectivity index (χ1n) is 13.6. The van der Waals surface area contributed by atoms with Gasteiger partial charge in [0.1, 0.15) is 0 Å². The van der Waals surface area contributed by atoms with Crippen molar-refractivity contribution in [2.75, 3.05) is 39.4 Å². The molecule has 0 unspecified atom stereocenters. The number of halogens is 3. The van der Waals surface area contributed by atoms with Gasteiger partial charge in [-0.15, -0.1) is 0 Å². The van der Waals surface area contributed by atoms with E-state index >= 15 is 0 Å². The van der Waals surface area contributed by atoms with Crippen molar-refractivity contribution in [1.29, 1.82) is 0 Å². The first kappa shape index (κ1) is 27.9. The topological polar surface area (TPSA) is 62.2 Å². The Morgan fingerprint density at radius 2 is 1.76 bits per heavy atom. The molecule has 6 nitrogen and oxygen atoms in total.